The van der Waals surface area contributed by atoms with Gasteiger partial charge in [-0.2, -0.15) is 5.10 Å². The van der Waals surface area contributed by atoms with Crippen molar-refractivity contribution in [2.75, 3.05) is 5.32 Å². The highest BCUT2D eigenvalue weighted by Crippen LogP contribution is 2.34. The Kier molecular flexibility index (Phi) is 4.05. The van der Waals surface area contributed by atoms with Crippen molar-refractivity contribution in [2.24, 2.45) is 12.8 Å². The van der Waals surface area contributed by atoms with Crippen LogP contribution in [-0.4, -0.2) is 25.7 Å². The number of aryl methyl sites for hydroxylation is 2. The lowest BCUT2D eigenvalue weighted by Crippen LogP contribution is -2.16. The molecule has 0 spiro atoms. The van der Waals surface area contributed by atoms with E-state index >= 15 is 0 Å². The van der Waals surface area contributed by atoms with Crippen LogP contribution in [0.15, 0.2) is 24.4 Å². The molecule has 9 heteroatoms. The van der Waals surface area contributed by atoms with Gasteiger partial charge in [0.25, 0.3) is 5.91 Å². The number of carbonyl (C=O) groups is 1. The topological polar surface area (TPSA) is 98.7 Å². The lowest BCUT2D eigenvalue weighted by Gasteiger charge is -2.17. The van der Waals surface area contributed by atoms with E-state index in [2.05, 4.69) is 20.4 Å². The van der Waals surface area contributed by atoms with Crippen LogP contribution in [0.25, 0.3) is 11.4 Å². The van der Waals surface area contributed by atoms with Crippen LogP contribution >= 0.6 is 23.2 Å². The Balaban J connectivity index is 1.77. The summed E-state index contributed by atoms with van der Waals surface area (Å²) in [5.74, 6) is -0.136. The Morgan fingerprint density at radius 1 is 1.23 bits per heavy atom. The van der Waals surface area contributed by atoms with Gasteiger partial charge in [-0.15, -0.1) is 0 Å². The van der Waals surface area contributed by atoms with Gasteiger partial charge in [-0.05, 0) is 36.6 Å². The minimum absolute atomic E-state index is 0.294. The molecule has 7 nitrogen and oxygen atoms in total. The molecule has 132 valence electrons. The molecule has 1 aliphatic carbocycles. The molecule has 2 heterocycles. The fourth-order valence-corrected chi connectivity index (χ4v) is 3.69. The van der Waals surface area contributed by atoms with E-state index < -0.39 is 5.91 Å². The van der Waals surface area contributed by atoms with Crippen LogP contribution in [0.5, 0.6) is 0 Å². The van der Waals surface area contributed by atoms with E-state index in [0.717, 1.165) is 28.9 Å². The van der Waals surface area contributed by atoms with Gasteiger partial charge in [-0.3, -0.25) is 9.48 Å². The molecule has 0 fully saturated rings. The summed E-state index contributed by atoms with van der Waals surface area (Å²) < 4.78 is 1.64. The first-order valence-electron chi connectivity index (χ1n) is 7.87. The average Bonchev–Trinajstić information content (AvgIpc) is 2.91. The van der Waals surface area contributed by atoms with Crippen LogP contribution < -0.4 is 11.1 Å². The van der Waals surface area contributed by atoms with Crippen LogP contribution in [0.2, 0.25) is 10.0 Å². The first kappa shape index (κ1) is 16.8. The predicted molar refractivity (Wildman–Crippen MR) is 99.9 cm³/mol. The van der Waals surface area contributed by atoms with Gasteiger partial charge in [0.05, 0.1) is 11.4 Å². The number of halogens is 2. The fraction of sp³-hybridized carbons (Fsp3) is 0.176. The van der Waals surface area contributed by atoms with Gasteiger partial charge in [-0.1, -0.05) is 23.2 Å². The summed E-state index contributed by atoms with van der Waals surface area (Å²) in [4.78, 5) is 20.6. The van der Waals surface area contributed by atoms with Crippen molar-refractivity contribution < 1.29 is 4.79 Å². The minimum Gasteiger partial charge on any atom is -0.364 e. The summed E-state index contributed by atoms with van der Waals surface area (Å²) in [6, 6.07) is 5.11. The zero-order chi connectivity index (χ0) is 18.4. The monoisotopic (exact) mass is 388 g/mol. The van der Waals surface area contributed by atoms with Gasteiger partial charge in [0, 0.05) is 34.5 Å². The van der Waals surface area contributed by atoms with Crippen LogP contribution in [-0.2, 0) is 19.9 Å². The third-order valence-corrected chi connectivity index (χ3v) is 4.67. The lowest BCUT2D eigenvalue weighted by molar-refractivity contribution is 0.0994. The Morgan fingerprint density at radius 2 is 1.96 bits per heavy atom. The molecule has 1 amide bonds. The van der Waals surface area contributed by atoms with Crippen molar-refractivity contribution in [3.8, 4) is 11.4 Å². The number of aromatic nitrogens is 4. The molecule has 3 aromatic rings. The number of amides is 1. The molecular weight excluding hydrogens is 375 g/mol. The molecule has 0 radical (unpaired) electrons. The standard InChI is InChI=1S/C17H14Cl2N6O/c1-25-15-12(14(24-25)16(20)26)3-2-8-7-21-17(23-13(8)15)22-11-5-9(18)4-10(19)6-11/h4-7H,2-3H2,1H3,(H2,20,26)(H,21,22,23). The normalized spacial score (nSPS) is 12.4. The van der Waals surface area contributed by atoms with Crippen molar-refractivity contribution in [3.63, 3.8) is 0 Å². The summed E-state index contributed by atoms with van der Waals surface area (Å²) in [6.07, 6.45) is 3.17. The smallest absolute Gasteiger partial charge is 0.269 e. The maximum atomic E-state index is 11.6. The number of hydrogen-bond acceptors (Lipinski definition) is 5. The van der Waals surface area contributed by atoms with E-state index in [4.69, 9.17) is 28.9 Å². The second-order valence-corrected chi connectivity index (χ2v) is 6.89. The SMILES string of the molecule is Cn1nc(C(N)=O)c2c1-c1nc(Nc3cc(Cl)cc(Cl)c3)ncc1CC2. The lowest BCUT2D eigenvalue weighted by atomic mass is 9.93. The summed E-state index contributed by atoms with van der Waals surface area (Å²) in [5, 5.41) is 8.38. The van der Waals surface area contributed by atoms with Gasteiger partial charge in [0.15, 0.2) is 5.69 Å². The molecule has 26 heavy (non-hydrogen) atoms. The fourth-order valence-electron chi connectivity index (χ4n) is 3.17. The third-order valence-electron chi connectivity index (χ3n) is 4.23. The number of benzene rings is 1. The molecule has 0 bridgehead atoms. The number of nitrogens with two attached hydrogens (primary N) is 1. The highest BCUT2D eigenvalue weighted by atomic mass is 35.5. The molecule has 0 saturated carbocycles. The number of fused-ring (bicyclic) bond motifs is 3. The third kappa shape index (κ3) is 2.89. The van der Waals surface area contributed by atoms with E-state index in [1.54, 1.807) is 36.1 Å². The number of carbonyl (C=O) groups excluding carboxylic acids is 1. The van der Waals surface area contributed by atoms with Gasteiger partial charge in [-0.25, -0.2) is 9.97 Å². The second kappa shape index (κ2) is 6.26. The molecule has 0 saturated heterocycles. The first-order valence-corrected chi connectivity index (χ1v) is 8.63. The number of anilines is 2. The number of nitrogens with one attached hydrogen (secondary N) is 1. The zero-order valence-electron chi connectivity index (χ0n) is 13.8. The highest BCUT2D eigenvalue weighted by Gasteiger charge is 2.27. The Bertz CT molecular complexity index is 1030. The quantitative estimate of drug-likeness (QED) is 0.717. The molecular formula is C17H14Cl2N6O. The number of primary amides is 1. The van der Waals surface area contributed by atoms with Crippen LogP contribution in [0.4, 0.5) is 11.6 Å². The van der Waals surface area contributed by atoms with Gasteiger partial charge < -0.3 is 11.1 Å². The van der Waals surface area contributed by atoms with E-state index in [0.29, 0.717) is 33.8 Å². The minimum atomic E-state index is -0.536. The number of nitrogens with zero attached hydrogens (tertiary/aromatic N) is 4. The summed E-state index contributed by atoms with van der Waals surface area (Å²) in [7, 11) is 1.77. The molecule has 1 aromatic carbocycles. The predicted octanol–water partition coefficient (Wildman–Crippen LogP) is 3.13. The molecule has 0 atom stereocenters. The van der Waals surface area contributed by atoms with Gasteiger partial charge in [0.2, 0.25) is 5.95 Å². The van der Waals surface area contributed by atoms with E-state index in [9.17, 15) is 4.79 Å². The van der Waals surface area contributed by atoms with Crippen molar-refractivity contribution in [3.05, 3.63) is 51.3 Å². The molecule has 4 rings (SSSR count). The van der Waals surface area contributed by atoms with Gasteiger partial charge >= 0.3 is 0 Å². The van der Waals surface area contributed by atoms with Crippen molar-refractivity contribution >= 4 is 40.7 Å². The highest BCUT2D eigenvalue weighted by molar-refractivity contribution is 6.35. The van der Waals surface area contributed by atoms with Crippen LogP contribution in [0.3, 0.4) is 0 Å². The molecule has 2 aromatic heterocycles. The Labute approximate surface area is 159 Å². The maximum absolute atomic E-state index is 11.6. The van der Waals surface area contributed by atoms with Crippen LogP contribution in [0.1, 0.15) is 21.6 Å². The Morgan fingerprint density at radius 3 is 2.65 bits per heavy atom. The molecule has 1 aliphatic rings. The second-order valence-electron chi connectivity index (χ2n) is 6.01. The zero-order valence-corrected chi connectivity index (χ0v) is 15.3. The largest absolute Gasteiger partial charge is 0.364 e. The summed E-state index contributed by atoms with van der Waals surface area (Å²) >= 11 is 12.1. The molecule has 3 N–H and O–H groups in total. The van der Waals surface area contributed by atoms with Crippen LogP contribution in [0, 0.1) is 0 Å². The molecule has 0 unspecified atom stereocenters. The van der Waals surface area contributed by atoms with E-state index in [-0.39, 0.29) is 0 Å². The number of rotatable bonds is 3. The molecule has 0 aliphatic heterocycles. The summed E-state index contributed by atoms with van der Waals surface area (Å²) in [5.41, 5.74) is 9.76. The van der Waals surface area contributed by atoms with E-state index in [1.165, 1.54) is 0 Å². The van der Waals surface area contributed by atoms with Crippen molar-refractivity contribution in [1.82, 2.24) is 19.7 Å². The van der Waals surface area contributed by atoms with Crippen molar-refractivity contribution in [2.45, 2.75) is 12.8 Å². The Hall–Kier alpha value is -2.64. The summed E-state index contributed by atoms with van der Waals surface area (Å²) in [6.45, 7) is 0. The first-order chi connectivity index (χ1) is 12.4. The maximum Gasteiger partial charge on any atom is 0.269 e. The number of hydrogen-bond donors (Lipinski definition) is 2. The average molecular weight is 389 g/mol. The van der Waals surface area contributed by atoms with E-state index in [1.807, 2.05) is 0 Å². The van der Waals surface area contributed by atoms with Crippen molar-refractivity contribution in [1.29, 1.82) is 0 Å². The van der Waals surface area contributed by atoms with Gasteiger partial charge in [0.1, 0.15) is 0 Å².